The molecule has 3 fully saturated rings. The van der Waals surface area contributed by atoms with E-state index in [9.17, 15) is 13.2 Å². The Balaban J connectivity index is 1.52. The summed E-state index contributed by atoms with van der Waals surface area (Å²) in [7, 11) is -3.10. The molecule has 2 atom stereocenters. The second-order valence-corrected chi connectivity index (χ2v) is 8.60. The number of nitrogens with one attached hydrogen (secondary N) is 1. The molecule has 0 aromatic heterocycles. The molecule has 0 aromatic rings. The predicted octanol–water partition coefficient (Wildman–Crippen LogP) is 0.573. The Bertz CT molecular complexity index is 496. The van der Waals surface area contributed by atoms with Gasteiger partial charge < -0.3 is 4.90 Å². The van der Waals surface area contributed by atoms with Crippen LogP contribution in [0.1, 0.15) is 32.6 Å². The minimum Gasteiger partial charge on any atom is -0.342 e. The van der Waals surface area contributed by atoms with Crippen LogP contribution in [0.3, 0.4) is 0 Å². The van der Waals surface area contributed by atoms with E-state index in [-0.39, 0.29) is 17.4 Å². The molecule has 3 rings (SSSR count). The van der Waals surface area contributed by atoms with Crippen LogP contribution in [0, 0.1) is 17.3 Å². The van der Waals surface area contributed by atoms with Crippen molar-refractivity contribution in [3.8, 4) is 0 Å². The van der Waals surface area contributed by atoms with E-state index >= 15 is 0 Å². The summed E-state index contributed by atoms with van der Waals surface area (Å²) in [5.74, 6) is 1.15. The van der Waals surface area contributed by atoms with Gasteiger partial charge in [-0.05, 0) is 37.0 Å². The normalized spacial score (nSPS) is 41.4. The average molecular weight is 286 g/mol. The van der Waals surface area contributed by atoms with Gasteiger partial charge in [-0.15, -0.1) is 0 Å². The van der Waals surface area contributed by atoms with E-state index in [2.05, 4.69) is 11.6 Å². The van der Waals surface area contributed by atoms with Gasteiger partial charge in [0.2, 0.25) is 15.9 Å². The molecule has 108 valence electrons. The Morgan fingerprint density at radius 3 is 2.53 bits per heavy atom. The molecule has 1 aliphatic heterocycles. The average Bonchev–Trinajstić information content (AvgIpc) is 2.80. The van der Waals surface area contributed by atoms with Gasteiger partial charge in [0.15, 0.2) is 0 Å². The fourth-order valence-electron chi connectivity index (χ4n) is 3.73. The van der Waals surface area contributed by atoms with Crippen LogP contribution < -0.4 is 4.72 Å². The number of amides is 1. The predicted molar refractivity (Wildman–Crippen MR) is 71.9 cm³/mol. The van der Waals surface area contributed by atoms with E-state index in [0.29, 0.717) is 11.8 Å². The van der Waals surface area contributed by atoms with E-state index in [4.69, 9.17) is 0 Å². The molecule has 1 amide bonds. The van der Waals surface area contributed by atoms with Crippen LogP contribution >= 0.6 is 0 Å². The van der Waals surface area contributed by atoms with Crippen LogP contribution in [-0.2, 0) is 14.8 Å². The fraction of sp³-hybridized carbons (Fsp3) is 0.923. The molecule has 0 bridgehead atoms. The number of carbonyl (C=O) groups excluding carboxylic acids is 1. The van der Waals surface area contributed by atoms with Gasteiger partial charge in [-0.3, -0.25) is 4.79 Å². The van der Waals surface area contributed by atoms with Gasteiger partial charge in [0.1, 0.15) is 0 Å². The summed E-state index contributed by atoms with van der Waals surface area (Å²) in [5, 5.41) is 0. The molecule has 2 saturated carbocycles. The highest BCUT2D eigenvalue weighted by Crippen LogP contribution is 2.50. The second kappa shape index (κ2) is 4.19. The zero-order chi connectivity index (χ0) is 13.8. The summed E-state index contributed by atoms with van der Waals surface area (Å²) < 4.78 is 25.0. The number of hydrogen-bond donors (Lipinski definition) is 1. The first-order chi connectivity index (χ1) is 8.78. The van der Waals surface area contributed by atoms with Crippen LogP contribution in [0.5, 0.6) is 0 Å². The van der Waals surface area contributed by atoms with Crippen LogP contribution in [0.4, 0.5) is 0 Å². The number of carbonyl (C=O) groups is 1. The molecule has 5 nitrogen and oxygen atoms in total. The Morgan fingerprint density at radius 2 is 2.00 bits per heavy atom. The van der Waals surface area contributed by atoms with E-state index in [1.54, 1.807) is 0 Å². The maximum atomic E-state index is 12.2. The van der Waals surface area contributed by atoms with Crippen molar-refractivity contribution in [2.75, 3.05) is 19.3 Å². The molecule has 1 saturated heterocycles. The molecule has 1 heterocycles. The molecule has 2 aliphatic carbocycles. The first-order valence-electron chi connectivity index (χ1n) is 7.04. The molecular formula is C13H22N2O3S. The minimum atomic E-state index is -3.10. The van der Waals surface area contributed by atoms with Gasteiger partial charge in [-0.25, -0.2) is 13.1 Å². The lowest BCUT2D eigenvalue weighted by Gasteiger charge is -2.45. The van der Waals surface area contributed by atoms with Crippen molar-refractivity contribution in [1.82, 2.24) is 9.62 Å². The van der Waals surface area contributed by atoms with Gasteiger partial charge in [-0.1, -0.05) is 6.92 Å². The highest BCUT2D eigenvalue weighted by Gasteiger charge is 2.52. The third-order valence-corrected chi connectivity index (χ3v) is 5.68. The van der Waals surface area contributed by atoms with Gasteiger partial charge in [-0.2, -0.15) is 0 Å². The number of hydrogen-bond acceptors (Lipinski definition) is 3. The lowest BCUT2D eigenvalue weighted by Crippen LogP contribution is -2.51. The van der Waals surface area contributed by atoms with Crippen LogP contribution in [-0.4, -0.2) is 44.6 Å². The molecule has 0 aromatic carbocycles. The van der Waals surface area contributed by atoms with Gasteiger partial charge >= 0.3 is 0 Å². The van der Waals surface area contributed by atoms with Crippen molar-refractivity contribution >= 4 is 15.9 Å². The lowest BCUT2D eigenvalue weighted by molar-refractivity contribution is -0.132. The molecule has 1 N–H and O–H groups in total. The van der Waals surface area contributed by atoms with Crippen molar-refractivity contribution in [3.05, 3.63) is 0 Å². The second-order valence-electron chi connectivity index (χ2n) is 6.82. The standard InChI is InChI=1S/C13H22N2O3S/c1-9-5-11(9)12(16)15-4-3-13(8-15)6-10(7-13)14-19(2,17)18/h9-11,14H,3-8H2,1-2H3/t9-,10?,11+,13?/m1/s1. The third-order valence-electron chi connectivity index (χ3n) is 4.92. The highest BCUT2D eigenvalue weighted by molar-refractivity contribution is 7.88. The SMILES string of the molecule is C[C@@H]1C[C@@H]1C(=O)N1CCC2(CC(NS(C)(=O)=O)C2)C1. The maximum absolute atomic E-state index is 12.2. The highest BCUT2D eigenvalue weighted by atomic mass is 32.2. The van der Waals surface area contributed by atoms with E-state index < -0.39 is 10.0 Å². The van der Waals surface area contributed by atoms with Gasteiger partial charge in [0.25, 0.3) is 0 Å². The van der Waals surface area contributed by atoms with E-state index in [1.165, 1.54) is 6.26 Å². The first-order valence-corrected chi connectivity index (χ1v) is 8.93. The molecule has 3 aliphatic rings. The molecule has 0 radical (unpaired) electrons. The molecule has 1 spiro atoms. The Morgan fingerprint density at radius 1 is 1.37 bits per heavy atom. The summed E-state index contributed by atoms with van der Waals surface area (Å²) in [6.07, 6.45) is 5.04. The Labute approximate surface area is 114 Å². The number of rotatable bonds is 3. The van der Waals surface area contributed by atoms with Crippen LogP contribution in [0.25, 0.3) is 0 Å². The summed E-state index contributed by atoms with van der Waals surface area (Å²) in [6, 6.07) is 0.0740. The number of nitrogens with zero attached hydrogens (tertiary/aromatic N) is 1. The molecule has 6 heteroatoms. The summed E-state index contributed by atoms with van der Waals surface area (Å²) >= 11 is 0. The Hall–Kier alpha value is -0.620. The zero-order valence-corrected chi connectivity index (χ0v) is 12.4. The smallest absolute Gasteiger partial charge is 0.225 e. The minimum absolute atomic E-state index is 0.0740. The fourth-order valence-corrected chi connectivity index (χ4v) is 4.50. The number of likely N-dealkylation sites (tertiary alicyclic amines) is 1. The van der Waals surface area contributed by atoms with Crippen molar-refractivity contribution in [2.24, 2.45) is 17.3 Å². The van der Waals surface area contributed by atoms with Crippen molar-refractivity contribution in [1.29, 1.82) is 0 Å². The van der Waals surface area contributed by atoms with Crippen LogP contribution in [0.15, 0.2) is 0 Å². The zero-order valence-electron chi connectivity index (χ0n) is 11.6. The largest absolute Gasteiger partial charge is 0.342 e. The van der Waals surface area contributed by atoms with Gasteiger partial charge in [0.05, 0.1) is 6.26 Å². The third kappa shape index (κ3) is 2.65. The van der Waals surface area contributed by atoms with Crippen molar-refractivity contribution in [3.63, 3.8) is 0 Å². The summed E-state index contributed by atoms with van der Waals surface area (Å²) in [5.41, 5.74) is 0.191. The van der Waals surface area contributed by atoms with E-state index in [0.717, 1.165) is 38.8 Å². The molecule has 19 heavy (non-hydrogen) atoms. The van der Waals surface area contributed by atoms with Gasteiger partial charge in [0, 0.05) is 25.0 Å². The molecule has 0 unspecified atom stereocenters. The summed E-state index contributed by atoms with van der Waals surface area (Å²) in [4.78, 5) is 14.2. The van der Waals surface area contributed by atoms with Crippen molar-refractivity contribution < 1.29 is 13.2 Å². The van der Waals surface area contributed by atoms with E-state index in [1.807, 2.05) is 4.90 Å². The molecular weight excluding hydrogens is 264 g/mol. The lowest BCUT2D eigenvalue weighted by atomic mass is 9.65. The summed E-state index contributed by atoms with van der Waals surface area (Å²) in [6.45, 7) is 3.81. The monoisotopic (exact) mass is 286 g/mol. The first kappa shape index (κ1) is 13.4. The quantitative estimate of drug-likeness (QED) is 0.825. The van der Waals surface area contributed by atoms with Crippen molar-refractivity contribution in [2.45, 2.75) is 38.6 Å². The number of sulfonamides is 1. The Kier molecular flexibility index (Phi) is 2.94. The topological polar surface area (TPSA) is 66.5 Å². The van der Waals surface area contributed by atoms with Crippen LogP contribution in [0.2, 0.25) is 0 Å². The maximum Gasteiger partial charge on any atom is 0.225 e.